The standard InChI is InChI=1S/C12H22N2O2.C2H6.H2/c1-9(2)13-11(15)8-12(16)14-6-4-10(3)5-7-14;1-2;/h9-10H,4-8H2,1-3H3,(H,13,15);1-2H3;1H. The topological polar surface area (TPSA) is 49.4 Å². The molecule has 0 aromatic heterocycles. The minimum atomic E-state index is -0.168. The molecule has 1 aliphatic heterocycles. The Labute approximate surface area is 113 Å². The van der Waals surface area contributed by atoms with E-state index >= 15 is 0 Å². The van der Waals surface area contributed by atoms with E-state index in [0.717, 1.165) is 25.9 Å². The molecular formula is C14H30N2O2. The van der Waals surface area contributed by atoms with Crippen molar-refractivity contribution in [2.24, 2.45) is 5.92 Å². The van der Waals surface area contributed by atoms with Gasteiger partial charge in [-0.2, -0.15) is 0 Å². The summed E-state index contributed by atoms with van der Waals surface area (Å²) >= 11 is 0. The second-order valence-electron chi connectivity index (χ2n) is 4.96. The predicted octanol–water partition coefficient (Wildman–Crippen LogP) is 2.43. The summed E-state index contributed by atoms with van der Waals surface area (Å²) in [5.41, 5.74) is 0. The van der Waals surface area contributed by atoms with Crippen LogP contribution in [0.2, 0.25) is 0 Å². The quantitative estimate of drug-likeness (QED) is 0.790. The largest absolute Gasteiger partial charge is 0.353 e. The van der Waals surface area contributed by atoms with Gasteiger partial charge in [0.15, 0.2) is 0 Å². The third-order valence-corrected chi connectivity index (χ3v) is 2.90. The molecule has 18 heavy (non-hydrogen) atoms. The summed E-state index contributed by atoms with van der Waals surface area (Å²) in [6.07, 6.45) is 2.10. The molecule has 4 heteroatoms. The predicted molar refractivity (Wildman–Crippen MR) is 76.3 cm³/mol. The van der Waals surface area contributed by atoms with Gasteiger partial charge in [-0.05, 0) is 32.6 Å². The molecule has 0 saturated carbocycles. The molecule has 1 rings (SSSR count). The molecule has 0 aromatic carbocycles. The van der Waals surface area contributed by atoms with Crippen molar-refractivity contribution in [3.05, 3.63) is 0 Å². The highest BCUT2D eigenvalue weighted by Crippen LogP contribution is 2.16. The van der Waals surface area contributed by atoms with Crippen LogP contribution in [0.25, 0.3) is 0 Å². The third-order valence-electron chi connectivity index (χ3n) is 2.90. The van der Waals surface area contributed by atoms with Gasteiger partial charge in [0.05, 0.1) is 0 Å². The zero-order valence-corrected chi connectivity index (χ0v) is 12.5. The van der Waals surface area contributed by atoms with Gasteiger partial charge in [-0.3, -0.25) is 9.59 Å². The van der Waals surface area contributed by atoms with Crippen molar-refractivity contribution >= 4 is 11.8 Å². The molecule has 0 unspecified atom stereocenters. The van der Waals surface area contributed by atoms with E-state index < -0.39 is 0 Å². The summed E-state index contributed by atoms with van der Waals surface area (Å²) < 4.78 is 0. The maximum atomic E-state index is 11.8. The van der Waals surface area contributed by atoms with Crippen LogP contribution in [0, 0.1) is 5.92 Å². The van der Waals surface area contributed by atoms with E-state index in [1.807, 2.05) is 27.7 Å². The van der Waals surface area contributed by atoms with Crippen LogP contribution in [-0.4, -0.2) is 35.8 Å². The van der Waals surface area contributed by atoms with Gasteiger partial charge in [-0.1, -0.05) is 20.8 Å². The molecular weight excluding hydrogens is 228 g/mol. The molecule has 4 nitrogen and oxygen atoms in total. The lowest BCUT2D eigenvalue weighted by molar-refractivity contribution is -0.137. The van der Waals surface area contributed by atoms with Crippen LogP contribution in [0.5, 0.6) is 0 Å². The average Bonchev–Trinajstić information content (AvgIpc) is 2.31. The van der Waals surface area contributed by atoms with Gasteiger partial charge in [-0.15, -0.1) is 0 Å². The van der Waals surface area contributed by atoms with Gasteiger partial charge >= 0.3 is 0 Å². The lowest BCUT2D eigenvalue weighted by Gasteiger charge is -2.30. The highest BCUT2D eigenvalue weighted by atomic mass is 16.2. The van der Waals surface area contributed by atoms with Crippen LogP contribution in [-0.2, 0) is 9.59 Å². The number of hydrogen-bond donors (Lipinski definition) is 1. The van der Waals surface area contributed by atoms with Crippen molar-refractivity contribution in [3.63, 3.8) is 0 Å². The van der Waals surface area contributed by atoms with Gasteiger partial charge in [0.25, 0.3) is 0 Å². The van der Waals surface area contributed by atoms with E-state index in [2.05, 4.69) is 12.2 Å². The number of nitrogens with one attached hydrogen (secondary N) is 1. The molecule has 1 heterocycles. The molecule has 1 N–H and O–H groups in total. The molecule has 0 radical (unpaired) electrons. The Bertz CT molecular complexity index is 262. The molecule has 108 valence electrons. The number of nitrogens with zero attached hydrogens (tertiary/aromatic N) is 1. The number of rotatable bonds is 3. The monoisotopic (exact) mass is 258 g/mol. The zero-order valence-electron chi connectivity index (χ0n) is 12.5. The minimum absolute atomic E-state index is 0. The van der Waals surface area contributed by atoms with Crippen molar-refractivity contribution in [2.75, 3.05) is 13.1 Å². The van der Waals surface area contributed by atoms with E-state index in [1.54, 1.807) is 4.90 Å². The molecule has 2 amide bonds. The number of likely N-dealkylation sites (tertiary alicyclic amines) is 1. The molecule has 0 atom stereocenters. The molecule has 1 fully saturated rings. The van der Waals surface area contributed by atoms with Crippen molar-refractivity contribution in [3.8, 4) is 0 Å². The number of amides is 2. The fraction of sp³-hybridized carbons (Fsp3) is 0.857. The number of piperidine rings is 1. The molecule has 0 aromatic rings. The van der Waals surface area contributed by atoms with Crippen LogP contribution in [0.3, 0.4) is 0 Å². The van der Waals surface area contributed by atoms with Gasteiger partial charge in [-0.25, -0.2) is 0 Å². The molecule has 1 aliphatic rings. The smallest absolute Gasteiger partial charge is 0.232 e. The Morgan fingerprint density at radius 2 is 1.78 bits per heavy atom. The summed E-state index contributed by atoms with van der Waals surface area (Å²) in [6.45, 7) is 11.6. The van der Waals surface area contributed by atoms with Crippen LogP contribution in [0.4, 0.5) is 0 Å². The van der Waals surface area contributed by atoms with Crippen LogP contribution < -0.4 is 5.32 Å². The lowest BCUT2D eigenvalue weighted by Crippen LogP contribution is -2.41. The van der Waals surface area contributed by atoms with Crippen LogP contribution >= 0.6 is 0 Å². The summed E-state index contributed by atoms with van der Waals surface area (Å²) in [4.78, 5) is 25.0. The minimum Gasteiger partial charge on any atom is -0.353 e. The van der Waals surface area contributed by atoms with Crippen LogP contribution in [0.1, 0.15) is 55.3 Å². The van der Waals surface area contributed by atoms with Crippen molar-refractivity contribution in [1.29, 1.82) is 0 Å². The van der Waals surface area contributed by atoms with E-state index in [1.165, 1.54) is 0 Å². The average molecular weight is 258 g/mol. The van der Waals surface area contributed by atoms with E-state index in [0.29, 0.717) is 5.92 Å². The highest BCUT2D eigenvalue weighted by Gasteiger charge is 2.22. The van der Waals surface area contributed by atoms with Crippen molar-refractivity contribution < 1.29 is 11.0 Å². The van der Waals surface area contributed by atoms with E-state index in [9.17, 15) is 9.59 Å². The Hall–Kier alpha value is -1.06. The van der Waals surface area contributed by atoms with E-state index in [4.69, 9.17) is 0 Å². The van der Waals surface area contributed by atoms with Gasteiger partial charge in [0.2, 0.25) is 11.8 Å². The number of carbonyl (C=O) groups excluding carboxylic acids is 2. The SMILES string of the molecule is CC.CC1CCN(C(=O)CC(=O)NC(C)C)CC1.[HH]. The molecule has 0 aliphatic carbocycles. The Morgan fingerprint density at radius 1 is 1.28 bits per heavy atom. The summed E-state index contributed by atoms with van der Waals surface area (Å²) in [7, 11) is 0. The normalized spacial score (nSPS) is 16.0. The first kappa shape index (κ1) is 16.9. The third kappa shape index (κ3) is 6.62. The summed E-state index contributed by atoms with van der Waals surface area (Å²) in [5.74, 6) is 0.497. The van der Waals surface area contributed by atoms with E-state index in [-0.39, 0.29) is 25.7 Å². The maximum absolute atomic E-state index is 11.8. The summed E-state index contributed by atoms with van der Waals surface area (Å²) in [6, 6.07) is 0.0988. The first-order valence-electron chi connectivity index (χ1n) is 7.06. The van der Waals surface area contributed by atoms with Crippen molar-refractivity contribution in [1.82, 2.24) is 10.2 Å². The second kappa shape index (κ2) is 8.95. The van der Waals surface area contributed by atoms with Gasteiger partial charge in [0.1, 0.15) is 6.42 Å². The Kier molecular flexibility index (Phi) is 8.42. The zero-order chi connectivity index (χ0) is 14.1. The number of carbonyl (C=O) groups is 2. The molecule has 0 bridgehead atoms. The lowest BCUT2D eigenvalue weighted by atomic mass is 9.99. The van der Waals surface area contributed by atoms with Gasteiger partial charge < -0.3 is 10.2 Å². The molecule has 1 saturated heterocycles. The number of hydrogen-bond acceptors (Lipinski definition) is 2. The Balaban J connectivity index is 0. The fourth-order valence-corrected chi connectivity index (χ4v) is 1.88. The van der Waals surface area contributed by atoms with Crippen LogP contribution in [0.15, 0.2) is 0 Å². The van der Waals surface area contributed by atoms with Crippen molar-refractivity contribution in [2.45, 2.75) is 59.9 Å². The highest BCUT2D eigenvalue weighted by molar-refractivity contribution is 5.97. The molecule has 0 spiro atoms. The van der Waals surface area contributed by atoms with Gasteiger partial charge in [0, 0.05) is 20.6 Å². The first-order valence-corrected chi connectivity index (χ1v) is 7.06. The Morgan fingerprint density at radius 3 is 2.22 bits per heavy atom. The summed E-state index contributed by atoms with van der Waals surface area (Å²) in [5, 5.41) is 2.74. The second-order valence-corrected chi connectivity index (χ2v) is 4.96. The fourth-order valence-electron chi connectivity index (χ4n) is 1.88. The first-order chi connectivity index (χ1) is 8.49. The maximum Gasteiger partial charge on any atom is 0.232 e.